The number of likely N-dealkylation sites (tertiary alicyclic amines) is 1. The molecular formula is C19H25N3. The molecule has 0 spiro atoms. The molecule has 1 aromatic heterocycles. The fraction of sp³-hybridized carbons (Fsp3) is 0.474. The molecule has 3 heteroatoms. The van der Waals surface area contributed by atoms with Crippen molar-refractivity contribution < 1.29 is 0 Å². The molecule has 22 heavy (non-hydrogen) atoms. The van der Waals surface area contributed by atoms with Crippen molar-refractivity contribution in [1.82, 2.24) is 14.9 Å². The number of piperidine rings is 1. The third-order valence-corrected chi connectivity index (χ3v) is 4.50. The maximum Gasteiger partial charge on any atom is 0.127 e. The first-order valence-electron chi connectivity index (χ1n) is 8.33. The van der Waals surface area contributed by atoms with Crippen molar-refractivity contribution in [2.45, 2.75) is 45.6 Å². The van der Waals surface area contributed by atoms with E-state index in [0.717, 1.165) is 25.3 Å². The van der Waals surface area contributed by atoms with E-state index >= 15 is 0 Å². The molecule has 0 radical (unpaired) electrons. The van der Waals surface area contributed by atoms with Gasteiger partial charge >= 0.3 is 0 Å². The number of hydrogen-bond acceptors (Lipinski definition) is 3. The highest BCUT2D eigenvalue weighted by Gasteiger charge is 2.21. The van der Waals surface area contributed by atoms with Crippen LogP contribution in [-0.2, 0) is 13.0 Å². The highest BCUT2D eigenvalue weighted by molar-refractivity contribution is 5.26. The fourth-order valence-corrected chi connectivity index (χ4v) is 3.30. The lowest BCUT2D eigenvalue weighted by atomic mass is 9.90. The van der Waals surface area contributed by atoms with Gasteiger partial charge in [-0.3, -0.25) is 4.90 Å². The Morgan fingerprint density at radius 1 is 1.23 bits per heavy atom. The monoisotopic (exact) mass is 295 g/mol. The van der Waals surface area contributed by atoms with E-state index in [1.54, 1.807) is 0 Å². The summed E-state index contributed by atoms with van der Waals surface area (Å²) in [5.74, 6) is 1.59. The topological polar surface area (TPSA) is 29.0 Å². The number of hydrogen-bond donors (Lipinski definition) is 0. The second-order valence-corrected chi connectivity index (χ2v) is 6.35. The van der Waals surface area contributed by atoms with Gasteiger partial charge in [0, 0.05) is 37.5 Å². The zero-order valence-electron chi connectivity index (χ0n) is 13.6. The summed E-state index contributed by atoms with van der Waals surface area (Å²) in [6, 6.07) is 8.98. The molecule has 3 nitrogen and oxygen atoms in total. The van der Waals surface area contributed by atoms with Crippen molar-refractivity contribution in [3.63, 3.8) is 0 Å². The van der Waals surface area contributed by atoms with Crippen molar-refractivity contribution in [2.75, 3.05) is 13.1 Å². The average molecular weight is 295 g/mol. The van der Waals surface area contributed by atoms with E-state index in [1.807, 2.05) is 12.4 Å². The Morgan fingerprint density at radius 2 is 2.05 bits per heavy atom. The van der Waals surface area contributed by atoms with Crippen LogP contribution in [-0.4, -0.2) is 28.0 Å². The second-order valence-electron chi connectivity index (χ2n) is 6.35. The van der Waals surface area contributed by atoms with Crippen LogP contribution < -0.4 is 0 Å². The minimum atomic E-state index is 0.657. The van der Waals surface area contributed by atoms with E-state index in [4.69, 9.17) is 0 Å². The summed E-state index contributed by atoms with van der Waals surface area (Å²) >= 11 is 0. The maximum absolute atomic E-state index is 4.41. The fourth-order valence-electron chi connectivity index (χ4n) is 3.30. The van der Waals surface area contributed by atoms with Gasteiger partial charge in [-0.05, 0) is 37.8 Å². The van der Waals surface area contributed by atoms with Crippen LogP contribution in [0.1, 0.15) is 48.2 Å². The SMILES string of the molecule is CCc1ncc(CN2CCCC(c3cccc(C)c3)C2)cn1. The summed E-state index contributed by atoms with van der Waals surface area (Å²) in [5.41, 5.74) is 4.07. The molecule has 1 atom stereocenters. The Morgan fingerprint density at radius 3 is 2.77 bits per heavy atom. The molecule has 0 aliphatic carbocycles. The van der Waals surface area contributed by atoms with Crippen molar-refractivity contribution >= 4 is 0 Å². The van der Waals surface area contributed by atoms with Gasteiger partial charge in [0.1, 0.15) is 5.82 Å². The summed E-state index contributed by atoms with van der Waals surface area (Å²) in [7, 11) is 0. The Labute approximate surface area is 133 Å². The maximum atomic E-state index is 4.41. The van der Waals surface area contributed by atoms with Gasteiger partial charge < -0.3 is 0 Å². The van der Waals surface area contributed by atoms with Crippen LogP contribution in [0.3, 0.4) is 0 Å². The molecule has 2 heterocycles. The molecule has 1 aliphatic heterocycles. The first-order valence-corrected chi connectivity index (χ1v) is 8.33. The molecule has 0 saturated carbocycles. The lowest BCUT2D eigenvalue weighted by Crippen LogP contribution is -2.34. The predicted octanol–water partition coefficient (Wildman–Crippen LogP) is 3.73. The molecule has 2 aromatic rings. The van der Waals surface area contributed by atoms with Gasteiger partial charge in [0.25, 0.3) is 0 Å². The Hall–Kier alpha value is -1.74. The number of aromatic nitrogens is 2. The zero-order valence-corrected chi connectivity index (χ0v) is 13.6. The smallest absolute Gasteiger partial charge is 0.127 e. The molecule has 116 valence electrons. The molecule has 1 aliphatic rings. The van der Waals surface area contributed by atoms with Gasteiger partial charge in [0.05, 0.1) is 0 Å². The lowest BCUT2D eigenvalue weighted by Gasteiger charge is -2.33. The summed E-state index contributed by atoms with van der Waals surface area (Å²) in [6.45, 7) is 7.55. The summed E-state index contributed by atoms with van der Waals surface area (Å²) in [6.07, 6.45) is 7.45. The van der Waals surface area contributed by atoms with Gasteiger partial charge in [-0.1, -0.05) is 36.8 Å². The summed E-state index contributed by atoms with van der Waals surface area (Å²) in [5, 5.41) is 0. The van der Waals surface area contributed by atoms with Gasteiger partial charge in [0.2, 0.25) is 0 Å². The van der Waals surface area contributed by atoms with Gasteiger partial charge in [-0.25, -0.2) is 9.97 Å². The minimum absolute atomic E-state index is 0.657. The second kappa shape index (κ2) is 7.01. The predicted molar refractivity (Wildman–Crippen MR) is 89.8 cm³/mol. The van der Waals surface area contributed by atoms with Gasteiger partial charge in [-0.15, -0.1) is 0 Å². The van der Waals surface area contributed by atoms with Gasteiger partial charge in [0.15, 0.2) is 0 Å². The normalized spacial score (nSPS) is 19.3. The van der Waals surface area contributed by atoms with E-state index in [-0.39, 0.29) is 0 Å². The highest BCUT2D eigenvalue weighted by Crippen LogP contribution is 2.28. The first kappa shape index (κ1) is 15.2. The van der Waals surface area contributed by atoms with Crippen LogP contribution in [0, 0.1) is 6.92 Å². The van der Waals surface area contributed by atoms with Crippen molar-refractivity contribution in [3.8, 4) is 0 Å². The van der Waals surface area contributed by atoms with Crippen LogP contribution in [0.25, 0.3) is 0 Å². The van der Waals surface area contributed by atoms with E-state index in [2.05, 4.69) is 53.0 Å². The van der Waals surface area contributed by atoms with Crippen molar-refractivity contribution in [2.24, 2.45) is 0 Å². The zero-order chi connectivity index (χ0) is 15.4. The molecular weight excluding hydrogens is 270 g/mol. The summed E-state index contributed by atoms with van der Waals surface area (Å²) in [4.78, 5) is 11.4. The standard InChI is InChI=1S/C19H25N3/c1-3-19-20-11-16(12-21-19)13-22-9-5-8-18(14-22)17-7-4-6-15(2)10-17/h4,6-7,10-12,18H,3,5,8-9,13-14H2,1-2H3. The van der Waals surface area contributed by atoms with E-state index in [0.29, 0.717) is 5.92 Å². The average Bonchev–Trinajstić information content (AvgIpc) is 2.56. The Bertz CT molecular complexity index is 606. The quantitative estimate of drug-likeness (QED) is 0.860. The molecule has 1 aromatic carbocycles. The molecule has 0 N–H and O–H groups in total. The number of rotatable bonds is 4. The van der Waals surface area contributed by atoms with Crippen molar-refractivity contribution in [3.05, 3.63) is 59.2 Å². The molecule has 1 saturated heterocycles. The highest BCUT2D eigenvalue weighted by atomic mass is 15.1. The lowest BCUT2D eigenvalue weighted by molar-refractivity contribution is 0.200. The number of nitrogens with zero attached hydrogens (tertiary/aromatic N) is 3. The summed E-state index contributed by atoms with van der Waals surface area (Å²) < 4.78 is 0. The van der Waals surface area contributed by atoms with Crippen molar-refractivity contribution in [1.29, 1.82) is 0 Å². The number of benzene rings is 1. The first-order chi connectivity index (χ1) is 10.7. The Balaban J connectivity index is 1.65. The largest absolute Gasteiger partial charge is 0.298 e. The molecule has 0 amide bonds. The minimum Gasteiger partial charge on any atom is -0.298 e. The van der Waals surface area contributed by atoms with Crippen LogP contribution >= 0.6 is 0 Å². The third kappa shape index (κ3) is 3.72. The Kier molecular flexibility index (Phi) is 4.84. The van der Waals surface area contributed by atoms with E-state index < -0.39 is 0 Å². The van der Waals surface area contributed by atoms with Crippen LogP contribution in [0.15, 0.2) is 36.7 Å². The van der Waals surface area contributed by atoms with E-state index in [1.165, 1.54) is 36.1 Å². The van der Waals surface area contributed by atoms with Crippen LogP contribution in [0.5, 0.6) is 0 Å². The van der Waals surface area contributed by atoms with Crippen LogP contribution in [0.4, 0.5) is 0 Å². The third-order valence-electron chi connectivity index (χ3n) is 4.50. The molecule has 1 fully saturated rings. The van der Waals surface area contributed by atoms with Crippen LogP contribution in [0.2, 0.25) is 0 Å². The van der Waals surface area contributed by atoms with Gasteiger partial charge in [-0.2, -0.15) is 0 Å². The molecule has 0 bridgehead atoms. The number of aryl methyl sites for hydroxylation is 2. The van der Waals surface area contributed by atoms with E-state index in [9.17, 15) is 0 Å². The molecule has 3 rings (SSSR count). The molecule has 1 unspecified atom stereocenters.